The van der Waals surface area contributed by atoms with E-state index in [1.54, 1.807) is 24.4 Å². The van der Waals surface area contributed by atoms with Crippen LogP contribution in [0, 0.1) is 26.9 Å². The lowest BCUT2D eigenvalue weighted by atomic mass is 9.72. The van der Waals surface area contributed by atoms with Crippen molar-refractivity contribution in [2.45, 2.75) is 57.3 Å². The molecule has 0 unspecified atom stereocenters. The van der Waals surface area contributed by atoms with Gasteiger partial charge >= 0.3 is 0 Å². The molecule has 5 heterocycles. The van der Waals surface area contributed by atoms with Crippen molar-refractivity contribution in [3.63, 3.8) is 0 Å². The molecule has 0 bridgehead atoms. The van der Waals surface area contributed by atoms with Gasteiger partial charge in [0.15, 0.2) is 0 Å². The number of benzene rings is 3. The number of hydrogen-bond acceptors (Lipinski definition) is 11. The van der Waals surface area contributed by atoms with E-state index in [1.807, 2.05) is 24.3 Å². The molecular formula is C47H52ClN7O7S. The molecule has 3 N–H and O–H groups in total. The van der Waals surface area contributed by atoms with Gasteiger partial charge in [-0.3, -0.25) is 19.8 Å². The first-order chi connectivity index (χ1) is 30.2. The molecule has 0 atom stereocenters. The minimum Gasteiger partial charge on any atom is -0.455 e. The van der Waals surface area contributed by atoms with Crippen molar-refractivity contribution < 1.29 is 27.6 Å². The molecule has 3 saturated heterocycles. The van der Waals surface area contributed by atoms with Crippen molar-refractivity contribution in [2.24, 2.45) is 16.7 Å². The van der Waals surface area contributed by atoms with E-state index in [2.05, 4.69) is 55.8 Å². The van der Waals surface area contributed by atoms with Crippen LogP contribution in [0.5, 0.6) is 11.5 Å². The number of allylic oxidation sites excluding steroid dienone is 1. The van der Waals surface area contributed by atoms with Crippen molar-refractivity contribution in [1.29, 1.82) is 0 Å². The fourth-order valence-corrected chi connectivity index (χ4v) is 10.9. The summed E-state index contributed by atoms with van der Waals surface area (Å²) in [7, 11) is -4.55. The Morgan fingerprint density at radius 2 is 1.83 bits per heavy atom. The number of carbonyl (C=O) groups excluding carboxylic acids is 1. The number of H-pyrrole nitrogens is 1. The number of nitro benzene ring substituents is 1. The van der Waals surface area contributed by atoms with Gasteiger partial charge in [-0.05, 0) is 110 Å². The lowest BCUT2D eigenvalue weighted by molar-refractivity contribution is -0.384. The van der Waals surface area contributed by atoms with Crippen molar-refractivity contribution in [3.8, 4) is 11.5 Å². The van der Waals surface area contributed by atoms with Crippen LogP contribution in [0.1, 0.15) is 68.3 Å². The molecule has 0 radical (unpaired) electrons. The van der Waals surface area contributed by atoms with Gasteiger partial charge in [0, 0.05) is 92.3 Å². The number of likely N-dealkylation sites (tertiary alicyclic amines) is 1. The van der Waals surface area contributed by atoms with E-state index in [9.17, 15) is 23.3 Å². The normalized spacial score (nSPS) is 19.0. The highest BCUT2D eigenvalue weighted by atomic mass is 35.5. The number of nitrogens with zero attached hydrogens (tertiary/aromatic N) is 4. The molecule has 63 heavy (non-hydrogen) atoms. The SMILES string of the molecule is CC1(C)CCC(c2ccc(Cl)cc2)=C(CN2CC3(CCN(c4ccc(C(=O)NS(=O)(=O)c5ccc(NCC6CCOCC6)c([N+](=O)[O-])c5)c(Oc5cnc6[nH]ccc6c5)c4)C3)C2)C1. The number of nitrogens with one attached hydrogen (secondary N) is 3. The van der Waals surface area contributed by atoms with E-state index >= 15 is 0 Å². The van der Waals surface area contributed by atoms with Crippen molar-refractivity contribution in [1.82, 2.24) is 19.6 Å². The van der Waals surface area contributed by atoms with Crippen molar-refractivity contribution in [2.75, 3.05) is 62.7 Å². The highest BCUT2D eigenvalue weighted by Crippen LogP contribution is 2.46. The van der Waals surface area contributed by atoms with Crippen LogP contribution in [0.3, 0.4) is 0 Å². The van der Waals surface area contributed by atoms with Crippen molar-refractivity contribution in [3.05, 3.63) is 117 Å². The number of pyridine rings is 1. The second-order valence-corrected chi connectivity index (χ2v) is 20.5. The van der Waals surface area contributed by atoms with Crippen LogP contribution < -0.4 is 19.7 Å². The second kappa shape index (κ2) is 17.2. The number of rotatable bonds is 13. The second-order valence-electron chi connectivity index (χ2n) is 18.4. The monoisotopic (exact) mass is 893 g/mol. The van der Waals surface area contributed by atoms with Crippen LogP contribution in [0.25, 0.3) is 16.6 Å². The molecule has 4 aliphatic rings. The summed E-state index contributed by atoms with van der Waals surface area (Å²) in [4.78, 5) is 37.4. The summed E-state index contributed by atoms with van der Waals surface area (Å²) in [5.74, 6) is -0.158. The molecule has 3 aliphatic heterocycles. The minimum atomic E-state index is -4.55. The third kappa shape index (κ3) is 9.42. The lowest BCUT2D eigenvalue weighted by Gasteiger charge is -2.49. The molecular weight excluding hydrogens is 842 g/mol. The average Bonchev–Trinajstić information content (AvgIpc) is 3.91. The van der Waals surface area contributed by atoms with Gasteiger partial charge in [-0.25, -0.2) is 18.1 Å². The highest BCUT2D eigenvalue weighted by molar-refractivity contribution is 7.90. The summed E-state index contributed by atoms with van der Waals surface area (Å²) < 4.78 is 41.3. The number of aromatic amines is 1. The van der Waals surface area contributed by atoms with Crippen LogP contribution in [0.2, 0.25) is 5.02 Å². The number of sulfonamides is 1. The summed E-state index contributed by atoms with van der Waals surface area (Å²) >= 11 is 6.24. The lowest BCUT2D eigenvalue weighted by Crippen LogP contribution is -2.58. The Kier molecular flexibility index (Phi) is 11.7. The Balaban J connectivity index is 0.922. The van der Waals surface area contributed by atoms with Gasteiger partial charge in [0.25, 0.3) is 21.6 Å². The van der Waals surface area contributed by atoms with Gasteiger partial charge in [0.1, 0.15) is 22.8 Å². The molecule has 14 nitrogen and oxygen atoms in total. The summed E-state index contributed by atoms with van der Waals surface area (Å²) in [6.07, 6.45) is 9.24. The summed E-state index contributed by atoms with van der Waals surface area (Å²) in [6, 6.07) is 20.6. The zero-order chi connectivity index (χ0) is 43.9. The molecule has 5 aromatic rings. The number of amides is 1. The Morgan fingerprint density at radius 1 is 1.03 bits per heavy atom. The van der Waals surface area contributed by atoms with Gasteiger partial charge < -0.3 is 24.7 Å². The number of halogens is 1. The molecule has 16 heteroatoms. The number of ether oxygens (including phenoxy) is 2. The number of carbonyl (C=O) groups is 1. The fourth-order valence-electron chi connectivity index (χ4n) is 9.76. The van der Waals surface area contributed by atoms with Gasteiger partial charge in [-0.15, -0.1) is 0 Å². The number of anilines is 2. The number of hydrogen-bond donors (Lipinski definition) is 3. The van der Waals surface area contributed by atoms with E-state index in [0.29, 0.717) is 31.2 Å². The molecule has 3 fully saturated rings. The highest BCUT2D eigenvalue weighted by Gasteiger charge is 2.48. The van der Waals surface area contributed by atoms with Crippen LogP contribution in [0.4, 0.5) is 17.1 Å². The van der Waals surface area contributed by atoms with Gasteiger partial charge in [-0.1, -0.05) is 43.2 Å². The van der Waals surface area contributed by atoms with Crippen LogP contribution in [-0.2, 0) is 14.8 Å². The predicted octanol–water partition coefficient (Wildman–Crippen LogP) is 9.05. The van der Waals surface area contributed by atoms with Crippen LogP contribution in [0.15, 0.2) is 95.7 Å². The van der Waals surface area contributed by atoms with E-state index in [4.69, 9.17) is 21.1 Å². The van der Waals surface area contributed by atoms with Gasteiger partial charge in [0.05, 0.1) is 21.6 Å². The predicted molar refractivity (Wildman–Crippen MR) is 244 cm³/mol. The topological polar surface area (TPSA) is 172 Å². The quantitative estimate of drug-likeness (QED) is 0.0761. The van der Waals surface area contributed by atoms with E-state index < -0.39 is 31.4 Å². The van der Waals surface area contributed by atoms with E-state index in [0.717, 1.165) is 93.4 Å². The number of nitro groups is 1. The zero-order valence-corrected chi connectivity index (χ0v) is 37.1. The first kappa shape index (κ1) is 42.8. The van der Waals surface area contributed by atoms with Gasteiger partial charge in [-0.2, -0.15) is 0 Å². The molecule has 2 aromatic heterocycles. The fraction of sp³-hybridized carbons (Fsp3) is 0.404. The third-order valence-electron chi connectivity index (χ3n) is 13.1. The Labute approximate surface area is 372 Å². The Hall–Kier alpha value is -5.48. The first-order valence-corrected chi connectivity index (χ1v) is 23.4. The summed E-state index contributed by atoms with van der Waals surface area (Å²) in [5, 5.41) is 16.7. The maximum absolute atomic E-state index is 14.0. The Morgan fingerprint density at radius 3 is 2.60 bits per heavy atom. The molecule has 1 aliphatic carbocycles. The molecule has 9 rings (SSSR count). The molecule has 330 valence electrons. The first-order valence-electron chi connectivity index (χ1n) is 21.6. The number of fused-ring (bicyclic) bond motifs is 1. The average molecular weight is 894 g/mol. The molecule has 1 amide bonds. The number of aromatic nitrogens is 2. The molecule has 0 saturated carbocycles. The van der Waals surface area contributed by atoms with E-state index in [1.165, 1.54) is 35.0 Å². The van der Waals surface area contributed by atoms with Crippen molar-refractivity contribution >= 4 is 61.2 Å². The van der Waals surface area contributed by atoms with Crippen LogP contribution >= 0.6 is 11.6 Å². The Bertz CT molecular complexity index is 2690. The summed E-state index contributed by atoms with van der Waals surface area (Å²) in [5.41, 5.74) is 5.87. The third-order valence-corrected chi connectivity index (χ3v) is 14.7. The van der Waals surface area contributed by atoms with Gasteiger partial charge in [0.2, 0.25) is 0 Å². The zero-order valence-electron chi connectivity index (χ0n) is 35.5. The van der Waals surface area contributed by atoms with Crippen LogP contribution in [-0.4, -0.2) is 86.6 Å². The maximum atomic E-state index is 14.0. The minimum absolute atomic E-state index is 0.0235. The standard InChI is InChI=1S/C47H52ClN7O7S/c1-46(2)15-11-39(32-3-5-35(48)6-4-32)34(24-46)27-53-28-47(29-53)16-18-54(30-47)36-7-9-40(43(22-36)62-37-21-33-12-17-49-44(33)51-26-37)45(56)52-63(59,60)38-8-10-41(42(23-38)55(57)58)50-25-31-13-19-61-20-14-31/h3-10,12,17,21-23,26,31,50H,11,13-16,18-20,24-25,27-30H2,1-2H3,(H,49,51)(H,52,56). The molecule has 1 spiro atoms. The summed E-state index contributed by atoms with van der Waals surface area (Å²) in [6.45, 7) is 11.0. The maximum Gasteiger partial charge on any atom is 0.293 e. The molecule has 3 aromatic carbocycles. The largest absolute Gasteiger partial charge is 0.455 e. The smallest absolute Gasteiger partial charge is 0.293 e. The van der Waals surface area contributed by atoms with E-state index in [-0.39, 0.29) is 33.7 Å².